The lowest BCUT2D eigenvalue weighted by Gasteiger charge is -2.16. The van der Waals surface area contributed by atoms with Crippen LogP contribution in [-0.4, -0.2) is 11.0 Å². The standard InChI is InChI=1S/C12H22N2S.ClH/c1-8(2)10(5)13-6-11-7-15-12(14-11)9(3)4;/h7-10,13H,6H2,1-5H3;1H. The number of thiazole rings is 1. The van der Waals surface area contributed by atoms with Crippen LogP contribution >= 0.6 is 23.7 Å². The summed E-state index contributed by atoms with van der Waals surface area (Å²) in [6.45, 7) is 12.0. The second-order valence-corrected chi connectivity index (χ2v) is 5.64. The van der Waals surface area contributed by atoms with E-state index in [1.54, 1.807) is 11.3 Å². The van der Waals surface area contributed by atoms with Gasteiger partial charge >= 0.3 is 0 Å². The Hall–Kier alpha value is -0.120. The summed E-state index contributed by atoms with van der Waals surface area (Å²) in [4.78, 5) is 4.60. The molecule has 0 aliphatic heterocycles. The zero-order chi connectivity index (χ0) is 11.4. The number of halogens is 1. The Kier molecular flexibility index (Phi) is 7.20. The average Bonchev–Trinajstić information content (AvgIpc) is 2.62. The zero-order valence-corrected chi connectivity index (χ0v) is 12.4. The van der Waals surface area contributed by atoms with E-state index in [4.69, 9.17) is 0 Å². The molecule has 1 N–H and O–H groups in total. The second kappa shape index (κ2) is 7.25. The van der Waals surface area contributed by atoms with Gasteiger partial charge in [-0.1, -0.05) is 27.7 Å². The van der Waals surface area contributed by atoms with Crippen LogP contribution in [0.15, 0.2) is 5.38 Å². The smallest absolute Gasteiger partial charge is 0.0954 e. The van der Waals surface area contributed by atoms with Gasteiger partial charge < -0.3 is 5.32 Å². The third-order valence-electron chi connectivity index (χ3n) is 2.67. The van der Waals surface area contributed by atoms with Gasteiger partial charge in [-0.05, 0) is 12.8 Å². The van der Waals surface area contributed by atoms with Gasteiger partial charge in [-0.2, -0.15) is 0 Å². The minimum absolute atomic E-state index is 0. The quantitative estimate of drug-likeness (QED) is 0.873. The van der Waals surface area contributed by atoms with Crippen molar-refractivity contribution in [3.8, 4) is 0 Å². The highest BCUT2D eigenvalue weighted by molar-refractivity contribution is 7.09. The maximum Gasteiger partial charge on any atom is 0.0954 e. The fourth-order valence-electron chi connectivity index (χ4n) is 1.17. The third kappa shape index (κ3) is 4.81. The molecular weight excluding hydrogens is 240 g/mol. The van der Waals surface area contributed by atoms with Crippen molar-refractivity contribution in [2.75, 3.05) is 0 Å². The highest BCUT2D eigenvalue weighted by Gasteiger charge is 2.08. The number of nitrogens with one attached hydrogen (secondary N) is 1. The van der Waals surface area contributed by atoms with Crippen LogP contribution in [0.4, 0.5) is 0 Å². The molecule has 0 bridgehead atoms. The first-order valence-corrected chi connectivity index (χ1v) is 6.56. The molecule has 0 saturated carbocycles. The first kappa shape index (κ1) is 15.9. The van der Waals surface area contributed by atoms with Crippen LogP contribution in [0.2, 0.25) is 0 Å². The summed E-state index contributed by atoms with van der Waals surface area (Å²) in [5.74, 6) is 1.22. The van der Waals surface area contributed by atoms with Gasteiger partial charge in [0.25, 0.3) is 0 Å². The van der Waals surface area contributed by atoms with Crippen molar-refractivity contribution in [3.63, 3.8) is 0 Å². The van der Waals surface area contributed by atoms with E-state index >= 15 is 0 Å². The van der Waals surface area contributed by atoms with E-state index in [1.807, 2.05) is 0 Å². The van der Waals surface area contributed by atoms with E-state index in [2.05, 4.69) is 50.3 Å². The van der Waals surface area contributed by atoms with Crippen LogP contribution < -0.4 is 5.32 Å². The second-order valence-electron chi connectivity index (χ2n) is 4.75. The van der Waals surface area contributed by atoms with Crippen molar-refractivity contribution in [2.45, 2.75) is 53.1 Å². The number of rotatable bonds is 5. The Morgan fingerprint density at radius 3 is 2.31 bits per heavy atom. The zero-order valence-electron chi connectivity index (χ0n) is 10.8. The Morgan fingerprint density at radius 2 is 1.88 bits per heavy atom. The van der Waals surface area contributed by atoms with E-state index in [0.29, 0.717) is 17.9 Å². The van der Waals surface area contributed by atoms with Gasteiger partial charge in [-0.3, -0.25) is 0 Å². The first-order chi connectivity index (χ1) is 7.00. The van der Waals surface area contributed by atoms with Gasteiger partial charge in [0.2, 0.25) is 0 Å². The molecular formula is C12H23ClN2S. The van der Waals surface area contributed by atoms with Crippen LogP contribution in [0.25, 0.3) is 0 Å². The van der Waals surface area contributed by atoms with E-state index in [0.717, 1.165) is 6.54 Å². The molecule has 0 radical (unpaired) electrons. The Balaban J connectivity index is 0.00000225. The fraction of sp³-hybridized carbons (Fsp3) is 0.750. The molecule has 0 fully saturated rings. The van der Waals surface area contributed by atoms with E-state index in [9.17, 15) is 0 Å². The summed E-state index contributed by atoms with van der Waals surface area (Å²) in [6, 6.07) is 0.550. The minimum atomic E-state index is 0. The fourth-order valence-corrected chi connectivity index (χ4v) is 2.01. The predicted molar refractivity (Wildman–Crippen MR) is 74.6 cm³/mol. The molecule has 0 aliphatic rings. The van der Waals surface area contributed by atoms with Crippen LogP contribution in [0.5, 0.6) is 0 Å². The Morgan fingerprint density at radius 1 is 1.25 bits per heavy atom. The molecule has 1 aromatic rings. The van der Waals surface area contributed by atoms with Gasteiger partial charge in [0, 0.05) is 23.9 Å². The van der Waals surface area contributed by atoms with Crippen molar-refractivity contribution in [3.05, 3.63) is 16.1 Å². The summed E-state index contributed by atoms with van der Waals surface area (Å²) in [6.07, 6.45) is 0. The number of nitrogens with zero attached hydrogens (tertiary/aromatic N) is 1. The van der Waals surface area contributed by atoms with Crippen LogP contribution in [0, 0.1) is 5.92 Å². The molecule has 0 spiro atoms. The van der Waals surface area contributed by atoms with Crippen LogP contribution in [0.3, 0.4) is 0 Å². The van der Waals surface area contributed by atoms with Crippen molar-refractivity contribution >= 4 is 23.7 Å². The van der Waals surface area contributed by atoms with Gasteiger partial charge in [0.15, 0.2) is 0 Å². The molecule has 2 nitrogen and oxygen atoms in total. The van der Waals surface area contributed by atoms with E-state index in [1.165, 1.54) is 10.7 Å². The van der Waals surface area contributed by atoms with Crippen LogP contribution in [-0.2, 0) is 6.54 Å². The number of hydrogen-bond donors (Lipinski definition) is 1. The van der Waals surface area contributed by atoms with Crippen molar-refractivity contribution in [1.29, 1.82) is 0 Å². The molecule has 0 aliphatic carbocycles. The number of hydrogen-bond acceptors (Lipinski definition) is 3. The molecule has 1 unspecified atom stereocenters. The minimum Gasteiger partial charge on any atom is -0.308 e. The largest absolute Gasteiger partial charge is 0.308 e. The summed E-state index contributed by atoms with van der Waals surface area (Å²) >= 11 is 1.77. The molecule has 0 amide bonds. The molecule has 0 aromatic carbocycles. The van der Waals surface area contributed by atoms with Crippen LogP contribution in [0.1, 0.15) is 51.2 Å². The summed E-state index contributed by atoms with van der Waals surface area (Å²) in [5, 5.41) is 6.90. The maximum atomic E-state index is 4.60. The third-order valence-corrected chi connectivity index (χ3v) is 3.86. The molecule has 1 aromatic heterocycles. The van der Waals surface area contributed by atoms with Crippen molar-refractivity contribution in [1.82, 2.24) is 10.3 Å². The Labute approximate surface area is 109 Å². The lowest BCUT2D eigenvalue weighted by molar-refractivity contribution is 0.424. The first-order valence-electron chi connectivity index (χ1n) is 5.68. The van der Waals surface area contributed by atoms with Gasteiger partial charge in [-0.15, -0.1) is 23.7 Å². The lowest BCUT2D eigenvalue weighted by Crippen LogP contribution is -2.30. The monoisotopic (exact) mass is 262 g/mol. The molecule has 1 rings (SSSR count). The van der Waals surface area contributed by atoms with Gasteiger partial charge in [-0.25, -0.2) is 4.98 Å². The van der Waals surface area contributed by atoms with Crippen molar-refractivity contribution in [2.24, 2.45) is 5.92 Å². The molecule has 0 saturated heterocycles. The summed E-state index contributed by atoms with van der Waals surface area (Å²) in [7, 11) is 0. The van der Waals surface area contributed by atoms with Crippen molar-refractivity contribution < 1.29 is 0 Å². The van der Waals surface area contributed by atoms with Gasteiger partial charge in [0.05, 0.1) is 10.7 Å². The normalized spacial score (nSPS) is 12.9. The van der Waals surface area contributed by atoms with E-state index < -0.39 is 0 Å². The molecule has 1 atom stereocenters. The lowest BCUT2D eigenvalue weighted by atomic mass is 10.1. The Bertz CT molecular complexity index is 297. The topological polar surface area (TPSA) is 24.9 Å². The molecule has 16 heavy (non-hydrogen) atoms. The molecule has 1 heterocycles. The molecule has 94 valence electrons. The highest BCUT2D eigenvalue weighted by atomic mass is 35.5. The number of aromatic nitrogens is 1. The molecule has 4 heteroatoms. The highest BCUT2D eigenvalue weighted by Crippen LogP contribution is 2.19. The summed E-state index contributed by atoms with van der Waals surface area (Å²) < 4.78 is 0. The van der Waals surface area contributed by atoms with E-state index in [-0.39, 0.29) is 12.4 Å². The predicted octanol–water partition coefficient (Wildman–Crippen LogP) is 3.82. The summed E-state index contributed by atoms with van der Waals surface area (Å²) in [5.41, 5.74) is 1.18. The maximum absolute atomic E-state index is 4.60. The SMILES string of the molecule is CC(C)c1nc(CNC(C)C(C)C)cs1.Cl. The average molecular weight is 263 g/mol. The van der Waals surface area contributed by atoms with Gasteiger partial charge in [0.1, 0.15) is 0 Å².